The van der Waals surface area contributed by atoms with Gasteiger partial charge in [-0.05, 0) is 12.1 Å². The topological polar surface area (TPSA) is 21.3 Å². The first kappa shape index (κ1) is 7.09. The van der Waals surface area contributed by atoms with Crippen molar-refractivity contribution in [2.24, 2.45) is 0 Å². The third-order valence-corrected chi connectivity index (χ3v) is 1.19. The van der Waals surface area contributed by atoms with E-state index in [2.05, 4.69) is 5.32 Å². The Bertz CT molecular complexity index is 174. The van der Waals surface area contributed by atoms with E-state index in [1.54, 1.807) is 7.11 Å². The third kappa shape index (κ3) is 2.07. The van der Waals surface area contributed by atoms with Crippen molar-refractivity contribution < 1.29 is 4.74 Å². The minimum Gasteiger partial charge on any atom is -0.365 e. The normalized spacial score (nSPS) is 9.30. The zero-order valence-corrected chi connectivity index (χ0v) is 6.00. The number of hydrogen-bond donors (Lipinski definition) is 1. The monoisotopic (exact) mass is 137 g/mol. The van der Waals surface area contributed by atoms with Crippen LogP contribution in [0.4, 0.5) is 5.69 Å². The molecule has 2 heteroatoms. The van der Waals surface area contributed by atoms with Crippen LogP contribution in [0, 0.1) is 0 Å². The number of nitrogens with one attached hydrogen (secondary N) is 1. The zero-order chi connectivity index (χ0) is 7.23. The van der Waals surface area contributed by atoms with Crippen LogP contribution in [0.25, 0.3) is 0 Å². The minimum absolute atomic E-state index is 0.560. The van der Waals surface area contributed by atoms with E-state index in [1.165, 1.54) is 0 Å². The summed E-state index contributed by atoms with van der Waals surface area (Å²) in [4.78, 5) is 0. The molecule has 0 aromatic heterocycles. The predicted molar refractivity (Wildman–Crippen MR) is 41.9 cm³/mol. The maximum atomic E-state index is 4.83. The lowest BCUT2D eigenvalue weighted by atomic mass is 10.3. The van der Waals surface area contributed by atoms with Crippen LogP contribution in [-0.4, -0.2) is 13.8 Å². The molecule has 0 aliphatic carbocycles. The smallest absolute Gasteiger partial charge is 0.116 e. The molecule has 0 bridgehead atoms. The van der Waals surface area contributed by atoms with Gasteiger partial charge in [-0.1, -0.05) is 18.2 Å². The third-order valence-electron chi connectivity index (χ3n) is 1.19. The van der Waals surface area contributed by atoms with E-state index in [4.69, 9.17) is 4.74 Å². The van der Waals surface area contributed by atoms with Gasteiger partial charge in [0.15, 0.2) is 0 Å². The molecule has 0 heterocycles. The molecule has 0 unspecified atom stereocenters. The number of anilines is 1. The van der Waals surface area contributed by atoms with Gasteiger partial charge in [0.1, 0.15) is 6.73 Å². The highest BCUT2D eigenvalue weighted by Gasteiger charge is 1.84. The summed E-state index contributed by atoms with van der Waals surface area (Å²) in [5, 5.41) is 3.07. The van der Waals surface area contributed by atoms with Gasteiger partial charge in [0.05, 0.1) is 0 Å². The van der Waals surface area contributed by atoms with Gasteiger partial charge in [0.2, 0.25) is 0 Å². The van der Waals surface area contributed by atoms with Crippen molar-refractivity contribution in [3.63, 3.8) is 0 Å². The average Bonchev–Trinajstić information content (AvgIpc) is 2.03. The Morgan fingerprint density at radius 2 is 2.00 bits per heavy atom. The van der Waals surface area contributed by atoms with Gasteiger partial charge in [-0.3, -0.25) is 0 Å². The van der Waals surface area contributed by atoms with Crippen LogP contribution in [0.1, 0.15) is 0 Å². The predicted octanol–water partition coefficient (Wildman–Crippen LogP) is 1.70. The fourth-order valence-corrected chi connectivity index (χ4v) is 0.712. The number of ether oxygens (including phenoxy) is 1. The summed E-state index contributed by atoms with van der Waals surface area (Å²) in [6, 6.07) is 9.95. The quantitative estimate of drug-likeness (QED) is 0.640. The summed E-state index contributed by atoms with van der Waals surface area (Å²) >= 11 is 0. The van der Waals surface area contributed by atoms with E-state index in [9.17, 15) is 0 Å². The summed E-state index contributed by atoms with van der Waals surface area (Å²) in [5.41, 5.74) is 1.09. The molecule has 1 aromatic rings. The number of methoxy groups -OCH3 is 1. The molecular formula is C8H11NO. The summed E-state index contributed by atoms with van der Waals surface area (Å²) in [5.74, 6) is 0. The standard InChI is InChI=1S/C8H11NO/c1-10-7-9-8-5-3-2-4-6-8/h2-6,9H,7H2,1H3. The number of para-hydroxylation sites is 1. The molecule has 1 aromatic carbocycles. The van der Waals surface area contributed by atoms with Crippen LogP contribution in [0.15, 0.2) is 30.3 Å². The summed E-state index contributed by atoms with van der Waals surface area (Å²) in [6.07, 6.45) is 0. The molecule has 0 amide bonds. The number of benzene rings is 1. The summed E-state index contributed by atoms with van der Waals surface area (Å²) < 4.78 is 4.83. The molecule has 0 aliphatic heterocycles. The second kappa shape index (κ2) is 3.90. The van der Waals surface area contributed by atoms with Crippen molar-refractivity contribution in [1.29, 1.82) is 0 Å². The molecule has 0 spiro atoms. The largest absolute Gasteiger partial charge is 0.365 e. The van der Waals surface area contributed by atoms with E-state index in [0.717, 1.165) is 5.69 Å². The molecule has 1 N–H and O–H groups in total. The SMILES string of the molecule is COCNc1ccccc1. The lowest BCUT2D eigenvalue weighted by Crippen LogP contribution is -2.01. The van der Waals surface area contributed by atoms with Gasteiger partial charge in [-0.15, -0.1) is 0 Å². The summed E-state index contributed by atoms with van der Waals surface area (Å²) in [6.45, 7) is 0.560. The molecule has 1 rings (SSSR count). The molecule has 2 nitrogen and oxygen atoms in total. The van der Waals surface area contributed by atoms with Crippen molar-refractivity contribution in [3.8, 4) is 0 Å². The van der Waals surface area contributed by atoms with Crippen LogP contribution < -0.4 is 5.32 Å². The van der Waals surface area contributed by atoms with Crippen LogP contribution in [-0.2, 0) is 4.74 Å². The van der Waals surface area contributed by atoms with Gasteiger partial charge in [0.25, 0.3) is 0 Å². The second-order valence-corrected chi connectivity index (χ2v) is 1.98. The maximum Gasteiger partial charge on any atom is 0.116 e. The van der Waals surface area contributed by atoms with Crippen molar-refractivity contribution in [2.45, 2.75) is 0 Å². The van der Waals surface area contributed by atoms with E-state index >= 15 is 0 Å². The molecule has 0 fully saturated rings. The van der Waals surface area contributed by atoms with Gasteiger partial charge in [0, 0.05) is 12.8 Å². The Balaban J connectivity index is 2.43. The van der Waals surface area contributed by atoms with Crippen molar-refractivity contribution in [2.75, 3.05) is 19.2 Å². The molecule has 0 saturated carbocycles. The Hall–Kier alpha value is -1.02. The van der Waals surface area contributed by atoms with Crippen LogP contribution in [0.2, 0.25) is 0 Å². The maximum absolute atomic E-state index is 4.83. The fraction of sp³-hybridized carbons (Fsp3) is 0.250. The lowest BCUT2D eigenvalue weighted by molar-refractivity contribution is 0.221. The van der Waals surface area contributed by atoms with Crippen LogP contribution >= 0.6 is 0 Å². The number of rotatable bonds is 3. The van der Waals surface area contributed by atoms with E-state index < -0.39 is 0 Å². The van der Waals surface area contributed by atoms with Gasteiger partial charge >= 0.3 is 0 Å². The first-order chi connectivity index (χ1) is 4.93. The van der Waals surface area contributed by atoms with Crippen LogP contribution in [0.3, 0.4) is 0 Å². The first-order valence-corrected chi connectivity index (χ1v) is 3.21. The summed E-state index contributed by atoms with van der Waals surface area (Å²) in [7, 11) is 1.66. The number of hydrogen-bond acceptors (Lipinski definition) is 2. The molecule has 0 aliphatic rings. The highest BCUT2D eigenvalue weighted by molar-refractivity contribution is 5.41. The zero-order valence-electron chi connectivity index (χ0n) is 6.00. The van der Waals surface area contributed by atoms with Crippen molar-refractivity contribution in [1.82, 2.24) is 0 Å². The Labute approximate surface area is 60.8 Å². The van der Waals surface area contributed by atoms with E-state index in [1.807, 2.05) is 30.3 Å². The van der Waals surface area contributed by atoms with Crippen molar-refractivity contribution >= 4 is 5.69 Å². The highest BCUT2D eigenvalue weighted by Crippen LogP contribution is 2.03. The van der Waals surface area contributed by atoms with Crippen LogP contribution in [0.5, 0.6) is 0 Å². The Morgan fingerprint density at radius 1 is 1.30 bits per heavy atom. The van der Waals surface area contributed by atoms with E-state index in [0.29, 0.717) is 6.73 Å². The Kier molecular flexibility index (Phi) is 2.77. The molecule has 54 valence electrons. The molecular weight excluding hydrogens is 126 g/mol. The molecule has 0 saturated heterocycles. The molecule has 0 radical (unpaired) electrons. The lowest BCUT2D eigenvalue weighted by Gasteiger charge is -2.02. The molecule has 0 atom stereocenters. The first-order valence-electron chi connectivity index (χ1n) is 3.21. The fourth-order valence-electron chi connectivity index (χ4n) is 0.712. The van der Waals surface area contributed by atoms with Crippen molar-refractivity contribution in [3.05, 3.63) is 30.3 Å². The van der Waals surface area contributed by atoms with E-state index in [-0.39, 0.29) is 0 Å². The molecule has 10 heavy (non-hydrogen) atoms. The van der Waals surface area contributed by atoms with Gasteiger partial charge < -0.3 is 10.1 Å². The Morgan fingerprint density at radius 3 is 2.60 bits per heavy atom. The second-order valence-electron chi connectivity index (χ2n) is 1.98. The average molecular weight is 137 g/mol. The highest BCUT2D eigenvalue weighted by atomic mass is 16.5. The van der Waals surface area contributed by atoms with Gasteiger partial charge in [-0.2, -0.15) is 0 Å². The van der Waals surface area contributed by atoms with Gasteiger partial charge in [-0.25, -0.2) is 0 Å². The minimum atomic E-state index is 0.560.